The van der Waals surface area contributed by atoms with Crippen molar-refractivity contribution < 1.29 is 9.47 Å². The molecule has 0 saturated heterocycles. The fraction of sp³-hybridized carbons (Fsp3) is 0.333. The summed E-state index contributed by atoms with van der Waals surface area (Å²) in [5.74, 6) is 3.72. The predicted octanol–water partition coefficient (Wildman–Crippen LogP) is 1.98. The molecule has 0 aliphatic carbocycles. The van der Waals surface area contributed by atoms with E-state index in [1.165, 1.54) is 11.8 Å². The first-order valence-electron chi connectivity index (χ1n) is 3.98. The molecule has 0 atom stereocenters. The van der Waals surface area contributed by atoms with Gasteiger partial charge in [0.1, 0.15) is 0 Å². The summed E-state index contributed by atoms with van der Waals surface area (Å²) in [6, 6.07) is 0. The predicted molar refractivity (Wildman–Crippen MR) is 67.7 cm³/mol. The Hall–Kier alpha value is -0.680. The third-order valence-electron chi connectivity index (χ3n) is 1.45. The van der Waals surface area contributed by atoms with Crippen molar-refractivity contribution in [3.63, 3.8) is 0 Å². The highest BCUT2D eigenvalue weighted by Crippen LogP contribution is 2.25. The number of hydrogen-bond acceptors (Lipinski definition) is 5. The van der Waals surface area contributed by atoms with E-state index in [1.54, 1.807) is 13.3 Å². The van der Waals surface area contributed by atoms with E-state index in [0.29, 0.717) is 23.4 Å². The quantitative estimate of drug-likeness (QED) is 0.364. The summed E-state index contributed by atoms with van der Waals surface area (Å²) >= 11 is 3.40. The molecule has 0 amide bonds. The minimum atomic E-state index is 0.296. The molecule has 0 aromatic carbocycles. The number of halogens is 1. The fourth-order valence-electron chi connectivity index (χ4n) is 0.813. The Morgan fingerprint density at radius 2 is 2.40 bits per heavy atom. The Labute approximate surface area is 106 Å². The summed E-state index contributed by atoms with van der Waals surface area (Å²) < 4.78 is 13.1. The van der Waals surface area contributed by atoms with Crippen LogP contribution in [-0.4, -0.2) is 29.9 Å². The molecule has 15 heavy (non-hydrogen) atoms. The SMILES string of the molecule is COc1cnc(SC)nc1OCC#CI. The van der Waals surface area contributed by atoms with E-state index in [4.69, 9.17) is 9.47 Å². The van der Waals surface area contributed by atoms with Crippen LogP contribution in [0.3, 0.4) is 0 Å². The van der Waals surface area contributed by atoms with Crippen LogP contribution in [0.1, 0.15) is 0 Å². The fourth-order valence-corrected chi connectivity index (χ4v) is 1.30. The van der Waals surface area contributed by atoms with Crippen LogP contribution in [-0.2, 0) is 0 Å². The van der Waals surface area contributed by atoms with Gasteiger partial charge in [0.2, 0.25) is 0 Å². The normalized spacial score (nSPS) is 9.00. The molecule has 0 unspecified atom stereocenters. The Balaban J connectivity index is 2.84. The monoisotopic (exact) mass is 336 g/mol. The second kappa shape index (κ2) is 6.74. The third-order valence-corrected chi connectivity index (χ3v) is 2.39. The highest BCUT2D eigenvalue weighted by Gasteiger charge is 2.07. The molecule has 80 valence electrons. The second-order valence-electron chi connectivity index (χ2n) is 2.29. The molecule has 0 spiro atoms. The number of methoxy groups -OCH3 is 1. The topological polar surface area (TPSA) is 44.2 Å². The lowest BCUT2D eigenvalue weighted by Crippen LogP contribution is -2.01. The second-order valence-corrected chi connectivity index (χ2v) is 3.60. The van der Waals surface area contributed by atoms with Crippen LogP contribution in [0.4, 0.5) is 0 Å². The lowest BCUT2D eigenvalue weighted by atomic mass is 10.5. The number of hydrogen-bond donors (Lipinski definition) is 0. The van der Waals surface area contributed by atoms with E-state index in [0.717, 1.165) is 0 Å². The van der Waals surface area contributed by atoms with Crippen molar-refractivity contribution in [1.29, 1.82) is 0 Å². The Bertz CT molecular complexity index is 389. The first-order chi connectivity index (χ1) is 7.31. The molecule has 0 aliphatic heterocycles. The number of nitrogens with zero attached hydrogens (tertiary/aromatic N) is 2. The molecule has 0 fully saturated rings. The Kier molecular flexibility index (Phi) is 5.57. The molecule has 6 heteroatoms. The van der Waals surface area contributed by atoms with Gasteiger partial charge in [-0.2, -0.15) is 4.98 Å². The van der Waals surface area contributed by atoms with Gasteiger partial charge < -0.3 is 9.47 Å². The van der Waals surface area contributed by atoms with Gasteiger partial charge in [-0.1, -0.05) is 17.7 Å². The van der Waals surface area contributed by atoms with Crippen molar-refractivity contribution in [2.45, 2.75) is 5.16 Å². The molecule has 0 saturated carbocycles. The third kappa shape index (κ3) is 3.76. The van der Waals surface area contributed by atoms with Crippen molar-refractivity contribution in [2.24, 2.45) is 0 Å². The number of ether oxygens (including phenoxy) is 2. The number of aromatic nitrogens is 2. The maximum Gasteiger partial charge on any atom is 0.262 e. The van der Waals surface area contributed by atoms with Crippen LogP contribution in [0.5, 0.6) is 11.6 Å². The minimum absolute atomic E-state index is 0.296. The lowest BCUT2D eigenvalue weighted by Gasteiger charge is -2.07. The van der Waals surface area contributed by atoms with Crippen LogP contribution in [0, 0.1) is 9.85 Å². The van der Waals surface area contributed by atoms with Gasteiger partial charge in [-0.3, -0.25) is 0 Å². The minimum Gasteiger partial charge on any atom is -0.490 e. The summed E-state index contributed by atoms with van der Waals surface area (Å²) in [6.45, 7) is 0.296. The summed E-state index contributed by atoms with van der Waals surface area (Å²) in [6.07, 6.45) is 3.49. The van der Waals surface area contributed by atoms with Crippen LogP contribution < -0.4 is 9.47 Å². The van der Waals surface area contributed by atoms with Crippen molar-refractivity contribution >= 4 is 34.4 Å². The standard InChI is InChI=1S/C9H9IN2O2S/c1-13-7-6-11-9(15-2)12-8(7)14-5-3-4-10/h6H,5H2,1-2H3. The van der Waals surface area contributed by atoms with Crippen molar-refractivity contribution in [3.05, 3.63) is 6.20 Å². The molecular formula is C9H9IN2O2S. The van der Waals surface area contributed by atoms with Gasteiger partial charge in [-0.05, 0) is 10.2 Å². The van der Waals surface area contributed by atoms with Crippen molar-refractivity contribution in [1.82, 2.24) is 9.97 Å². The van der Waals surface area contributed by atoms with E-state index >= 15 is 0 Å². The number of rotatable bonds is 4. The average molecular weight is 336 g/mol. The van der Waals surface area contributed by atoms with Gasteiger partial charge in [0.25, 0.3) is 5.88 Å². The van der Waals surface area contributed by atoms with Crippen LogP contribution in [0.25, 0.3) is 0 Å². The van der Waals surface area contributed by atoms with Crippen LogP contribution in [0.2, 0.25) is 0 Å². The highest BCUT2D eigenvalue weighted by molar-refractivity contribution is 14.1. The average Bonchev–Trinajstić information content (AvgIpc) is 2.29. The zero-order chi connectivity index (χ0) is 11.1. The molecule has 1 aromatic rings. The molecular weight excluding hydrogens is 327 g/mol. The molecule has 0 aliphatic rings. The van der Waals surface area contributed by atoms with Crippen molar-refractivity contribution in [3.8, 4) is 21.5 Å². The molecule has 4 nitrogen and oxygen atoms in total. The summed E-state index contributed by atoms with van der Waals surface area (Å²) in [4.78, 5) is 8.23. The molecule has 1 heterocycles. The van der Waals surface area contributed by atoms with E-state index in [9.17, 15) is 0 Å². The molecule has 0 N–H and O–H groups in total. The van der Waals surface area contributed by atoms with Gasteiger partial charge >= 0.3 is 0 Å². The number of thioether (sulfide) groups is 1. The van der Waals surface area contributed by atoms with Crippen LogP contribution in [0.15, 0.2) is 11.4 Å². The zero-order valence-corrected chi connectivity index (χ0v) is 11.3. The van der Waals surface area contributed by atoms with E-state index in [1.807, 2.05) is 28.8 Å². The van der Waals surface area contributed by atoms with Gasteiger partial charge in [-0.15, -0.1) is 0 Å². The maximum absolute atomic E-state index is 5.34. The van der Waals surface area contributed by atoms with E-state index in [2.05, 4.69) is 19.8 Å². The van der Waals surface area contributed by atoms with Gasteiger partial charge in [-0.25, -0.2) is 4.98 Å². The Morgan fingerprint density at radius 3 is 3.00 bits per heavy atom. The highest BCUT2D eigenvalue weighted by atomic mass is 127. The molecule has 0 bridgehead atoms. The largest absolute Gasteiger partial charge is 0.490 e. The molecule has 0 radical (unpaired) electrons. The van der Waals surface area contributed by atoms with Gasteiger partial charge in [0.05, 0.1) is 13.3 Å². The van der Waals surface area contributed by atoms with E-state index < -0.39 is 0 Å². The Morgan fingerprint density at radius 1 is 1.60 bits per heavy atom. The maximum atomic E-state index is 5.34. The summed E-state index contributed by atoms with van der Waals surface area (Å²) in [5.41, 5.74) is 0. The summed E-state index contributed by atoms with van der Waals surface area (Å²) in [7, 11) is 1.55. The van der Waals surface area contributed by atoms with Crippen LogP contribution >= 0.6 is 34.4 Å². The summed E-state index contributed by atoms with van der Waals surface area (Å²) in [5, 5.41) is 0.647. The van der Waals surface area contributed by atoms with Crippen molar-refractivity contribution in [2.75, 3.05) is 20.0 Å². The smallest absolute Gasteiger partial charge is 0.262 e. The molecule has 1 rings (SSSR count). The van der Waals surface area contributed by atoms with E-state index in [-0.39, 0.29) is 0 Å². The zero-order valence-electron chi connectivity index (χ0n) is 8.28. The lowest BCUT2D eigenvalue weighted by molar-refractivity contribution is 0.313. The van der Waals surface area contributed by atoms with Gasteiger partial charge in [0, 0.05) is 22.6 Å². The first kappa shape index (κ1) is 12.4. The molecule has 1 aromatic heterocycles. The van der Waals surface area contributed by atoms with Gasteiger partial charge in [0.15, 0.2) is 17.5 Å². The first-order valence-corrected chi connectivity index (χ1v) is 6.28.